The first-order chi connectivity index (χ1) is 12.8. The average molecular weight is 379 g/mol. The van der Waals surface area contributed by atoms with E-state index in [2.05, 4.69) is 0 Å². The highest BCUT2D eigenvalue weighted by atomic mass is 19.1. The summed E-state index contributed by atoms with van der Waals surface area (Å²) >= 11 is 0. The highest BCUT2D eigenvalue weighted by Gasteiger charge is 2.38. The summed E-state index contributed by atoms with van der Waals surface area (Å²) in [5, 5.41) is 19.2. The molecule has 0 spiro atoms. The Morgan fingerprint density at radius 3 is 2.63 bits per heavy atom. The van der Waals surface area contributed by atoms with Crippen LogP contribution in [0.1, 0.15) is 35.7 Å². The van der Waals surface area contributed by atoms with Crippen molar-refractivity contribution >= 4 is 22.6 Å². The highest BCUT2D eigenvalue weighted by Crippen LogP contribution is 2.40. The summed E-state index contributed by atoms with van der Waals surface area (Å²) in [5.41, 5.74) is 2.46. The number of aliphatic hydroxyl groups is 1. The molecular weight excluding hydrogens is 360 g/mol. The molecule has 2 aliphatic rings. The van der Waals surface area contributed by atoms with Gasteiger partial charge in [0.05, 0.1) is 16.5 Å². The fourth-order valence-corrected chi connectivity index (χ4v) is 3.73. The molecule has 0 radical (unpaired) electrons. The number of pyridine rings is 1. The first-order valence-corrected chi connectivity index (χ1v) is 8.73. The Balaban J connectivity index is 1.96. The van der Waals surface area contributed by atoms with E-state index in [0.29, 0.717) is 0 Å². The van der Waals surface area contributed by atoms with E-state index in [1.165, 1.54) is 9.47 Å². The maximum atomic E-state index is 15.4. The predicted molar refractivity (Wildman–Crippen MR) is 94.2 cm³/mol. The Morgan fingerprint density at radius 1 is 1.37 bits per heavy atom. The van der Waals surface area contributed by atoms with E-state index in [0.717, 1.165) is 25.1 Å². The third-order valence-corrected chi connectivity index (χ3v) is 5.38. The molecule has 1 saturated heterocycles. The Hall–Kier alpha value is -2.52. The molecule has 2 aromatic rings. The van der Waals surface area contributed by atoms with Gasteiger partial charge in [-0.25, -0.2) is 13.6 Å². The number of halogens is 2. The third kappa shape index (κ3) is 2.78. The van der Waals surface area contributed by atoms with Crippen LogP contribution in [0.25, 0.3) is 10.9 Å². The van der Waals surface area contributed by atoms with Crippen LogP contribution < -0.4 is 16.1 Å². The van der Waals surface area contributed by atoms with Gasteiger partial charge in [0.15, 0.2) is 5.82 Å². The van der Waals surface area contributed by atoms with Gasteiger partial charge < -0.3 is 25.4 Å². The number of hydrogen-bond acceptors (Lipinski definition) is 5. The number of carboxylic acids is 1. The standard InChI is InChI=1S/C18H19F2N3O4/c19-12-5-10-14(13(20)15(12)22-4-3-18(27,7-21)8-22)23(9-1-2-9)6-11(16(10)24)17(25)26/h5-6,9,27H,1-4,7-8,21H2,(H,25,26). The molecule has 0 bridgehead atoms. The molecule has 1 saturated carbocycles. The zero-order valence-corrected chi connectivity index (χ0v) is 14.4. The summed E-state index contributed by atoms with van der Waals surface area (Å²) in [5.74, 6) is -3.33. The van der Waals surface area contributed by atoms with Crippen LogP contribution in [0.4, 0.5) is 14.5 Å². The van der Waals surface area contributed by atoms with E-state index in [1.807, 2.05) is 0 Å². The molecule has 0 amide bonds. The van der Waals surface area contributed by atoms with Gasteiger partial charge >= 0.3 is 5.97 Å². The molecule has 2 heterocycles. The SMILES string of the molecule is NCC1(O)CCN(c2c(F)cc3c(=O)c(C(=O)O)cn(C4CC4)c3c2F)C1. The number of nitrogens with zero attached hydrogens (tertiary/aromatic N) is 2. The number of aromatic nitrogens is 1. The van der Waals surface area contributed by atoms with Crippen molar-refractivity contribution in [3.8, 4) is 0 Å². The first-order valence-electron chi connectivity index (χ1n) is 8.73. The lowest BCUT2D eigenvalue weighted by Crippen LogP contribution is -2.40. The molecule has 2 fully saturated rings. The maximum Gasteiger partial charge on any atom is 0.341 e. The number of nitrogens with two attached hydrogens (primary N) is 1. The monoisotopic (exact) mass is 379 g/mol. The summed E-state index contributed by atoms with van der Waals surface area (Å²) in [6, 6.07) is 0.764. The fourth-order valence-electron chi connectivity index (χ4n) is 3.73. The normalized spacial score (nSPS) is 22.6. The van der Waals surface area contributed by atoms with Gasteiger partial charge in [0.2, 0.25) is 5.43 Å². The minimum absolute atomic E-state index is 0.0241. The molecule has 27 heavy (non-hydrogen) atoms. The molecular formula is C18H19F2N3O4. The van der Waals surface area contributed by atoms with Gasteiger partial charge in [-0.15, -0.1) is 0 Å². The Morgan fingerprint density at radius 2 is 2.07 bits per heavy atom. The molecule has 144 valence electrons. The first kappa shape index (κ1) is 17.9. The van der Waals surface area contributed by atoms with Gasteiger partial charge in [0.1, 0.15) is 17.1 Å². The zero-order valence-electron chi connectivity index (χ0n) is 14.4. The largest absolute Gasteiger partial charge is 0.477 e. The van der Waals surface area contributed by atoms with Crippen molar-refractivity contribution in [1.82, 2.24) is 4.57 Å². The Bertz CT molecular complexity index is 1020. The lowest BCUT2D eigenvalue weighted by molar-refractivity contribution is 0.0693. The second-order valence-electron chi connectivity index (χ2n) is 7.33. The third-order valence-electron chi connectivity index (χ3n) is 5.38. The maximum absolute atomic E-state index is 15.4. The van der Waals surface area contributed by atoms with E-state index in [1.54, 1.807) is 0 Å². The van der Waals surface area contributed by atoms with Gasteiger partial charge in [-0.2, -0.15) is 0 Å². The molecule has 4 N–H and O–H groups in total. The highest BCUT2D eigenvalue weighted by molar-refractivity contribution is 5.94. The van der Waals surface area contributed by atoms with Crippen LogP contribution in [-0.4, -0.2) is 46.0 Å². The van der Waals surface area contributed by atoms with Crippen LogP contribution in [0.5, 0.6) is 0 Å². The van der Waals surface area contributed by atoms with E-state index in [9.17, 15) is 24.2 Å². The molecule has 1 aromatic heterocycles. The lowest BCUT2D eigenvalue weighted by atomic mass is 10.0. The number of aromatic carboxylic acids is 1. The van der Waals surface area contributed by atoms with Gasteiger partial charge in [0.25, 0.3) is 0 Å². The number of carbonyl (C=O) groups is 1. The number of rotatable bonds is 4. The summed E-state index contributed by atoms with van der Waals surface area (Å²) < 4.78 is 31.6. The van der Waals surface area contributed by atoms with Crippen LogP contribution in [0.2, 0.25) is 0 Å². The average Bonchev–Trinajstić information content (AvgIpc) is 3.38. The van der Waals surface area contributed by atoms with Crippen LogP contribution in [-0.2, 0) is 0 Å². The molecule has 1 aromatic carbocycles. The van der Waals surface area contributed by atoms with Gasteiger partial charge in [-0.3, -0.25) is 4.79 Å². The van der Waals surface area contributed by atoms with Crippen molar-refractivity contribution in [2.75, 3.05) is 24.5 Å². The topological polar surface area (TPSA) is 109 Å². The molecule has 4 rings (SSSR count). The minimum atomic E-state index is -1.44. The van der Waals surface area contributed by atoms with Crippen molar-refractivity contribution in [2.45, 2.75) is 30.9 Å². The number of carboxylic acid groups (broad SMARTS) is 1. The summed E-state index contributed by atoms with van der Waals surface area (Å²) in [7, 11) is 0. The summed E-state index contributed by atoms with van der Waals surface area (Å²) in [6.45, 7) is 0.159. The number of anilines is 1. The van der Waals surface area contributed by atoms with Crippen molar-refractivity contribution in [3.63, 3.8) is 0 Å². The summed E-state index contributed by atoms with van der Waals surface area (Å²) in [6.07, 6.45) is 2.85. The lowest BCUT2D eigenvalue weighted by Gasteiger charge is -2.24. The summed E-state index contributed by atoms with van der Waals surface area (Å²) in [4.78, 5) is 25.2. The number of hydrogen-bond donors (Lipinski definition) is 3. The van der Waals surface area contributed by atoms with Crippen LogP contribution in [0.3, 0.4) is 0 Å². The molecule has 1 aliphatic carbocycles. The van der Waals surface area contributed by atoms with Crippen LogP contribution in [0, 0.1) is 11.6 Å². The molecule has 9 heteroatoms. The molecule has 1 unspecified atom stereocenters. The predicted octanol–water partition coefficient (Wildman–Crippen LogP) is 1.21. The van der Waals surface area contributed by atoms with Crippen molar-refractivity contribution in [2.24, 2.45) is 5.73 Å². The number of benzene rings is 1. The van der Waals surface area contributed by atoms with Crippen molar-refractivity contribution in [1.29, 1.82) is 0 Å². The van der Waals surface area contributed by atoms with Crippen molar-refractivity contribution < 1.29 is 23.8 Å². The van der Waals surface area contributed by atoms with E-state index in [4.69, 9.17) is 5.73 Å². The van der Waals surface area contributed by atoms with Gasteiger partial charge in [-0.1, -0.05) is 0 Å². The molecule has 7 nitrogen and oxygen atoms in total. The van der Waals surface area contributed by atoms with Gasteiger partial charge in [-0.05, 0) is 25.3 Å². The smallest absolute Gasteiger partial charge is 0.341 e. The fraction of sp³-hybridized carbons (Fsp3) is 0.444. The van der Waals surface area contributed by atoms with Crippen LogP contribution in [0.15, 0.2) is 17.1 Å². The van der Waals surface area contributed by atoms with Gasteiger partial charge in [0, 0.05) is 31.9 Å². The van der Waals surface area contributed by atoms with Crippen LogP contribution >= 0.6 is 0 Å². The number of β-amino-alcohol motifs (C(OH)–C–C–N with tert-alkyl or cyclic N) is 1. The second kappa shape index (κ2) is 6.00. The molecule has 1 atom stereocenters. The minimum Gasteiger partial charge on any atom is -0.477 e. The van der Waals surface area contributed by atoms with E-state index in [-0.39, 0.29) is 48.7 Å². The second-order valence-corrected chi connectivity index (χ2v) is 7.33. The molecule has 1 aliphatic heterocycles. The Labute approximate surface area is 152 Å². The quantitative estimate of drug-likeness (QED) is 0.737. The van der Waals surface area contributed by atoms with Crippen molar-refractivity contribution in [3.05, 3.63) is 39.7 Å². The van der Waals surface area contributed by atoms with E-state index < -0.39 is 34.2 Å². The Kier molecular flexibility index (Phi) is 3.97. The zero-order chi connectivity index (χ0) is 19.5. The van der Waals surface area contributed by atoms with E-state index >= 15 is 4.39 Å². The number of fused-ring (bicyclic) bond motifs is 1.